The maximum Gasteiger partial charge on any atom is 0.342 e. The molecule has 0 aliphatic carbocycles. The Bertz CT molecular complexity index is 1380. The summed E-state index contributed by atoms with van der Waals surface area (Å²) in [5.41, 5.74) is 0.741. The molecule has 36 heavy (non-hydrogen) atoms. The number of furan rings is 1. The van der Waals surface area contributed by atoms with Crippen LogP contribution >= 0.6 is 39.5 Å². The van der Waals surface area contributed by atoms with Gasteiger partial charge in [-0.05, 0) is 64.9 Å². The normalized spacial score (nSPS) is 11.5. The van der Waals surface area contributed by atoms with Crippen LogP contribution in [-0.4, -0.2) is 40.1 Å². The van der Waals surface area contributed by atoms with E-state index in [0.29, 0.717) is 39.9 Å². The molecule has 11 heteroatoms. The zero-order chi connectivity index (χ0) is 25.7. The topological polar surface area (TPSA) is 99.6 Å². The first-order valence-corrected chi connectivity index (χ1v) is 13.2. The van der Waals surface area contributed by atoms with Gasteiger partial charge in [-0.25, -0.2) is 4.79 Å². The lowest BCUT2D eigenvalue weighted by molar-refractivity contribution is -0.131. The van der Waals surface area contributed by atoms with Gasteiger partial charge in [-0.15, -0.1) is 10.2 Å². The summed E-state index contributed by atoms with van der Waals surface area (Å²) in [7, 11) is 3.15. The number of hydrogen-bond acceptors (Lipinski definition) is 8. The monoisotopic (exact) mass is 587 g/mol. The van der Waals surface area contributed by atoms with Gasteiger partial charge < -0.3 is 23.6 Å². The number of aliphatic carboxylic acids is 1. The van der Waals surface area contributed by atoms with E-state index >= 15 is 0 Å². The highest BCUT2D eigenvalue weighted by molar-refractivity contribution is 9.10. The van der Waals surface area contributed by atoms with Crippen LogP contribution in [0.15, 0.2) is 83.5 Å². The zero-order valence-electron chi connectivity index (χ0n) is 19.6. The predicted molar refractivity (Wildman–Crippen MR) is 143 cm³/mol. The van der Waals surface area contributed by atoms with Crippen LogP contribution in [0.25, 0.3) is 17.5 Å². The Morgan fingerprint density at radius 2 is 1.81 bits per heavy atom. The minimum absolute atomic E-state index is 0.0457. The molecule has 2 aromatic heterocycles. The molecular weight excluding hydrogens is 566 g/mol. The van der Waals surface area contributed by atoms with E-state index in [1.807, 2.05) is 54.0 Å². The van der Waals surface area contributed by atoms with Gasteiger partial charge in [0.05, 0.1) is 18.7 Å². The third-order valence-electron chi connectivity index (χ3n) is 4.96. The van der Waals surface area contributed by atoms with E-state index in [1.165, 1.54) is 17.8 Å². The fourth-order valence-electron chi connectivity index (χ4n) is 3.27. The first-order valence-electron chi connectivity index (χ1n) is 10.7. The number of carbonyl (C=O) groups is 1. The van der Waals surface area contributed by atoms with Crippen molar-refractivity contribution in [1.82, 2.24) is 14.8 Å². The van der Waals surface area contributed by atoms with Crippen LogP contribution in [0.4, 0.5) is 0 Å². The third-order valence-corrected chi connectivity index (χ3v) is 7.80. The van der Waals surface area contributed by atoms with E-state index in [1.54, 1.807) is 26.4 Å². The number of carboxylic acid groups (broad SMARTS) is 1. The fourth-order valence-corrected chi connectivity index (χ4v) is 5.48. The van der Waals surface area contributed by atoms with Crippen molar-refractivity contribution in [3.05, 3.63) is 69.7 Å². The number of rotatable bonds is 10. The van der Waals surface area contributed by atoms with E-state index in [-0.39, 0.29) is 4.91 Å². The molecule has 4 rings (SSSR count). The molecular formula is C25H22BrN3O5S2. The molecule has 186 valence electrons. The van der Waals surface area contributed by atoms with Crippen LogP contribution in [0.2, 0.25) is 0 Å². The Balaban J connectivity index is 1.63. The smallest absolute Gasteiger partial charge is 0.342 e. The fraction of sp³-hybridized carbons (Fsp3) is 0.160. The standard InChI is InChI=1S/C25H22BrN3O5S2/c1-4-29-22(15-10-16(32-2)12-17(11-15)33-3)27-28-25(29)36-21(23(30)31)14-18-13-20(26)24(34-18)35-19-8-6-5-7-9-19/h5-14H,4H2,1-3H3,(H,30,31)/b21-14-. The van der Waals surface area contributed by atoms with E-state index < -0.39 is 5.97 Å². The summed E-state index contributed by atoms with van der Waals surface area (Å²) in [5.74, 6) is 1.11. The van der Waals surface area contributed by atoms with Crippen LogP contribution in [-0.2, 0) is 11.3 Å². The number of methoxy groups -OCH3 is 2. The highest BCUT2D eigenvalue weighted by Gasteiger charge is 2.20. The summed E-state index contributed by atoms with van der Waals surface area (Å²) in [6.45, 7) is 2.47. The van der Waals surface area contributed by atoms with Crippen LogP contribution in [0.5, 0.6) is 11.5 Å². The Morgan fingerprint density at radius 1 is 1.11 bits per heavy atom. The van der Waals surface area contributed by atoms with Crippen molar-refractivity contribution >= 4 is 51.5 Å². The molecule has 2 aromatic carbocycles. The van der Waals surface area contributed by atoms with Crippen molar-refractivity contribution in [3.63, 3.8) is 0 Å². The van der Waals surface area contributed by atoms with Crippen molar-refractivity contribution in [2.45, 2.75) is 28.6 Å². The quantitative estimate of drug-likeness (QED) is 0.160. The van der Waals surface area contributed by atoms with Gasteiger partial charge in [0.1, 0.15) is 22.2 Å². The molecule has 0 fully saturated rings. The molecule has 0 aliphatic rings. The van der Waals surface area contributed by atoms with Gasteiger partial charge in [0.2, 0.25) is 0 Å². The highest BCUT2D eigenvalue weighted by atomic mass is 79.9. The molecule has 0 unspecified atom stereocenters. The lowest BCUT2D eigenvalue weighted by Crippen LogP contribution is -2.03. The molecule has 0 amide bonds. The minimum Gasteiger partial charge on any atom is -0.497 e. The summed E-state index contributed by atoms with van der Waals surface area (Å²) in [5, 5.41) is 19.5. The van der Waals surface area contributed by atoms with Gasteiger partial charge in [-0.3, -0.25) is 0 Å². The maximum atomic E-state index is 12.1. The van der Waals surface area contributed by atoms with E-state index in [9.17, 15) is 9.90 Å². The third kappa shape index (κ3) is 5.97. The lowest BCUT2D eigenvalue weighted by Gasteiger charge is -2.10. The first-order chi connectivity index (χ1) is 17.4. The summed E-state index contributed by atoms with van der Waals surface area (Å²) < 4.78 is 19.2. The van der Waals surface area contributed by atoms with Crippen LogP contribution in [0, 0.1) is 0 Å². The minimum atomic E-state index is -1.10. The van der Waals surface area contributed by atoms with Crippen molar-refractivity contribution in [2.75, 3.05) is 14.2 Å². The number of thioether (sulfide) groups is 1. The van der Waals surface area contributed by atoms with Gasteiger partial charge in [-0.2, -0.15) is 0 Å². The average molecular weight is 589 g/mol. The molecule has 1 N–H and O–H groups in total. The summed E-state index contributed by atoms with van der Waals surface area (Å²) in [4.78, 5) is 13.1. The molecule has 0 bridgehead atoms. The predicted octanol–water partition coefficient (Wildman–Crippen LogP) is 6.71. The molecule has 0 spiro atoms. The number of carboxylic acids is 1. The number of benzene rings is 2. The summed E-state index contributed by atoms with van der Waals surface area (Å²) in [6, 6.07) is 16.9. The number of hydrogen-bond donors (Lipinski definition) is 1. The van der Waals surface area contributed by atoms with Crippen molar-refractivity contribution in [2.24, 2.45) is 0 Å². The summed E-state index contributed by atoms with van der Waals surface area (Å²) >= 11 is 5.95. The van der Waals surface area contributed by atoms with Gasteiger partial charge in [-0.1, -0.05) is 30.0 Å². The molecule has 0 radical (unpaired) electrons. The molecule has 0 saturated carbocycles. The SMILES string of the molecule is CCn1c(S/C(=C\c2cc(Br)c(Sc3ccccc3)o2)C(=O)O)nnc1-c1cc(OC)cc(OC)c1. The van der Waals surface area contributed by atoms with Crippen molar-refractivity contribution in [3.8, 4) is 22.9 Å². The molecule has 0 atom stereocenters. The van der Waals surface area contributed by atoms with E-state index in [0.717, 1.165) is 26.7 Å². The van der Waals surface area contributed by atoms with Crippen molar-refractivity contribution in [1.29, 1.82) is 0 Å². The Labute approximate surface area is 224 Å². The molecule has 2 heterocycles. The molecule has 8 nitrogen and oxygen atoms in total. The summed E-state index contributed by atoms with van der Waals surface area (Å²) in [6.07, 6.45) is 1.48. The van der Waals surface area contributed by atoms with Crippen LogP contribution < -0.4 is 9.47 Å². The lowest BCUT2D eigenvalue weighted by atomic mass is 10.2. The number of ether oxygens (including phenoxy) is 2. The van der Waals surface area contributed by atoms with Gasteiger partial charge in [0.25, 0.3) is 0 Å². The van der Waals surface area contributed by atoms with Crippen molar-refractivity contribution < 1.29 is 23.8 Å². The molecule has 0 saturated heterocycles. The van der Waals surface area contributed by atoms with Gasteiger partial charge >= 0.3 is 5.97 Å². The van der Waals surface area contributed by atoms with Gasteiger partial charge in [0.15, 0.2) is 16.1 Å². The number of aromatic nitrogens is 3. The number of nitrogens with zero attached hydrogens (tertiary/aromatic N) is 3. The Morgan fingerprint density at radius 3 is 2.42 bits per heavy atom. The van der Waals surface area contributed by atoms with Crippen LogP contribution in [0.3, 0.4) is 0 Å². The Kier molecular flexibility index (Phi) is 8.44. The second-order valence-corrected chi connectivity index (χ2v) is 10.2. The van der Waals surface area contributed by atoms with Gasteiger partial charge in [0, 0.05) is 29.1 Å². The largest absolute Gasteiger partial charge is 0.497 e. The molecule has 0 aliphatic heterocycles. The number of halogens is 1. The second-order valence-electron chi connectivity index (χ2n) is 7.27. The first kappa shape index (κ1) is 25.9. The zero-order valence-corrected chi connectivity index (χ0v) is 22.8. The van der Waals surface area contributed by atoms with E-state index in [2.05, 4.69) is 26.1 Å². The van der Waals surface area contributed by atoms with E-state index in [4.69, 9.17) is 13.9 Å². The molecule has 4 aromatic rings. The maximum absolute atomic E-state index is 12.1. The highest BCUT2D eigenvalue weighted by Crippen LogP contribution is 2.38. The second kappa shape index (κ2) is 11.7. The Hall–Kier alpha value is -3.15. The average Bonchev–Trinajstić information content (AvgIpc) is 3.45. The van der Waals surface area contributed by atoms with Crippen LogP contribution in [0.1, 0.15) is 12.7 Å².